The van der Waals surface area contributed by atoms with E-state index in [1.165, 1.54) is 5.56 Å². The van der Waals surface area contributed by atoms with Crippen LogP contribution in [0.3, 0.4) is 0 Å². The minimum atomic E-state index is 0.341. The topological polar surface area (TPSA) is 28.2 Å². The van der Waals surface area contributed by atoms with Gasteiger partial charge in [-0.15, -0.1) is 0 Å². The van der Waals surface area contributed by atoms with Crippen LogP contribution in [0.1, 0.15) is 31.9 Å². The van der Waals surface area contributed by atoms with Gasteiger partial charge in [-0.05, 0) is 26.5 Å². The summed E-state index contributed by atoms with van der Waals surface area (Å²) in [6, 6.07) is 4.47. The van der Waals surface area contributed by atoms with Crippen molar-refractivity contribution in [3.8, 4) is 0 Å². The molecule has 1 rings (SSSR count). The summed E-state index contributed by atoms with van der Waals surface area (Å²) in [6.45, 7) is 5.38. The van der Waals surface area contributed by atoms with E-state index in [1.54, 1.807) is 0 Å². The largest absolute Gasteiger partial charge is 0.359 e. The standard InChI is InChI=1S/C12H21N3/c1-5-9-15(4)12-11(10(2)13-3)7-6-8-14-12/h6-8,10,13H,5,9H2,1-4H3. The van der Waals surface area contributed by atoms with Gasteiger partial charge in [-0.2, -0.15) is 0 Å². The van der Waals surface area contributed by atoms with Gasteiger partial charge in [0.05, 0.1) is 0 Å². The minimum absolute atomic E-state index is 0.341. The molecular weight excluding hydrogens is 186 g/mol. The molecule has 0 saturated carbocycles. The first-order valence-corrected chi connectivity index (χ1v) is 5.54. The lowest BCUT2D eigenvalue weighted by molar-refractivity contribution is 0.645. The van der Waals surface area contributed by atoms with E-state index in [0.29, 0.717) is 6.04 Å². The first-order valence-electron chi connectivity index (χ1n) is 5.54. The molecule has 0 bridgehead atoms. The number of hydrogen-bond donors (Lipinski definition) is 1. The molecule has 0 aliphatic carbocycles. The molecule has 1 atom stereocenters. The van der Waals surface area contributed by atoms with Crippen LogP contribution in [0.15, 0.2) is 18.3 Å². The Bertz CT molecular complexity index is 299. The van der Waals surface area contributed by atoms with Gasteiger partial charge < -0.3 is 10.2 Å². The number of nitrogens with one attached hydrogen (secondary N) is 1. The highest BCUT2D eigenvalue weighted by Gasteiger charge is 2.12. The summed E-state index contributed by atoms with van der Waals surface area (Å²) in [5.41, 5.74) is 1.26. The van der Waals surface area contributed by atoms with Crippen molar-refractivity contribution in [2.45, 2.75) is 26.3 Å². The van der Waals surface area contributed by atoms with Gasteiger partial charge in [0, 0.05) is 31.4 Å². The SMILES string of the molecule is CCCN(C)c1ncccc1C(C)NC. The Morgan fingerprint density at radius 2 is 2.27 bits per heavy atom. The Morgan fingerprint density at radius 3 is 2.87 bits per heavy atom. The van der Waals surface area contributed by atoms with Crippen molar-refractivity contribution in [3.05, 3.63) is 23.9 Å². The Kier molecular flexibility index (Phi) is 4.56. The molecule has 1 aromatic rings. The number of hydrogen-bond acceptors (Lipinski definition) is 3. The third-order valence-corrected chi connectivity index (χ3v) is 2.64. The molecule has 0 radical (unpaired) electrons. The molecule has 0 aliphatic heterocycles. The van der Waals surface area contributed by atoms with Gasteiger partial charge in [-0.3, -0.25) is 0 Å². The zero-order valence-corrected chi connectivity index (χ0v) is 10.1. The van der Waals surface area contributed by atoms with Gasteiger partial charge in [0.2, 0.25) is 0 Å². The van der Waals surface area contributed by atoms with Gasteiger partial charge >= 0.3 is 0 Å². The van der Waals surface area contributed by atoms with Crippen molar-refractivity contribution in [3.63, 3.8) is 0 Å². The lowest BCUT2D eigenvalue weighted by Gasteiger charge is -2.23. The van der Waals surface area contributed by atoms with Crippen molar-refractivity contribution in [2.24, 2.45) is 0 Å². The molecule has 84 valence electrons. The Balaban J connectivity index is 2.95. The van der Waals surface area contributed by atoms with E-state index in [2.05, 4.69) is 42.2 Å². The molecule has 0 saturated heterocycles. The second kappa shape index (κ2) is 5.71. The highest BCUT2D eigenvalue weighted by molar-refractivity contribution is 5.47. The van der Waals surface area contributed by atoms with E-state index in [0.717, 1.165) is 18.8 Å². The predicted octanol–water partition coefficient (Wildman–Crippen LogP) is 2.21. The van der Waals surface area contributed by atoms with Crippen LogP contribution < -0.4 is 10.2 Å². The number of nitrogens with zero attached hydrogens (tertiary/aromatic N) is 2. The van der Waals surface area contributed by atoms with Crippen LogP contribution in [0.2, 0.25) is 0 Å². The molecule has 1 heterocycles. The summed E-state index contributed by atoms with van der Waals surface area (Å²) < 4.78 is 0. The van der Waals surface area contributed by atoms with E-state index in [1.807, 2.05) is 19.3 Å². The average Bonchev–Trinajstić information content (AvgIpc) is 2.28. The zero-order chi connectivity index (χ0) is 11.3. The van der Waals surface area contributed by atoms with Crippen LogP contribution >= 0.6 is 0 Å². The fraction of sp³-hybridized carbons (Fsp3) is 0.583. The monoisotopic (exact) mass is 207 g/mol. The average molecular weight is 207 g/mol. The van der Waals surface area contributed by atoms with Crippen LogP contribution in [0.5, 0.6) is 0 Å². The lowest BCUT2D eigenvalue weighted by atomic mass is 10.1. The van der Waals surface area contributed by atoms with Gasteiger partial charge in [0.25, 0.3) is 0 Å². The number of rotatable bonds is 5. The Hall–Kier alpha value is -1.09. The molecule has 1 unspecified atom stereocenters. The Labute approximate surface area is 92.5 Å². The molecule has 1 N–H and O–H groups in total. The molecule has 3 nitrogen and oxygen atoms in total. The molecule has 1 aromatic heterocycles. The third-order valence-electron chi connectivity index (χ3n) is 2.64. The molecule has 0 aliphatic rings. The van der Waals surface area contributed by atoms with Crippen molar-refractivity contribution in [1.29, 1.82) is 0 Å². The second-order valence-corrected chi connectivity index (χ2v) is 3.85. The predicted molar refractivity (Wildman–Crippen MR) is 65.3 cm³/mol. The lowest BCUT2D eigenvalue weighted by Crippen LogP contribution is -2.23. The molecule has 3 heteroatoms. The van der Waals surface area contributed by atoms with Crippen LogP contribution in [0.4, 0.5) is 5.82 Å². The van der Waals surface area contributed by atoms with Gasteiger partial charge in [0.15, 0.2) is 0 Å². The molecule has 0 spiro atoms. The van der Waals surface area contributed by atoms with Gasteiger partial charge in [0.1, 0.15) is 5.82 Å². The third kappa shape index (κ3) is 2.93. The summed E-state index contributed by atoms with van der Waals surface area (Å²) in [6.07, 6.45) is 2.99. The summed E-state index contributed by atoms with van der Waals surface area (Å²) in [4.78, 5) is 6.66. The van der Waals surface area contributed by atoms with Crippen molar-refractivity contribution in [2.75, 3.05) is 25.5 Å². The number of pyridine rings is 1. The maximum Gasteiger partial charge on any atom is 0.133 e. The minimum Gasteiger partial charge on any atom is -0.359 e. The fourth-order valence-electron chi connectivity index (χ4n) is 1.66. The van der Waals surface area contributed by atoms with Crippen LogP contribution in [0, 0.1) is 0 Å². The van der Waals surface area contributed by atoms with Gasteiger partial charge in [-0.1, -0.05) is 13.0 Å². The van der Waals surface area contributed by atoms with Gasteiger partial charge in [-0.25, -0.2) is 4.98 Å². The first-order chi connectivity index (χ1) is 7.20. The van der Waals surface area contributed by atoms with Crippen LogP contribution in [-0.2, 0) is 0 Å². The summed E-state index contributed by atoms with van der Waals surface area (Å²) in [5.74, 6) is 1.08. The van der Waals surface area contributed by atoms with Crippen molar-refractivity contribution >= 4 is 5.82 Å². The molecule has 0 aromatic carbocycles. The highest BCUT2D eigenvalue weighted by atomic mass is 15.2. The van der Waals surface area contributed by atoms with Crippen molar-refractivity contribution < 1.29 is 0 Å². The van der Waals surface area contributed by atoms with Crippen LogP contribution in [0.25, 0.3) is 0 Å². The number of aromatic nitrogens is 1. The van der Waals surface area contributed by atoms with E-state index >= 15 is 0 Å². The maximum atomic E-state index is 4.45. The summed E-state index contributed by atoms with van der Waals surface area (Å²) in [7, 11) is 4.07. The molecule has 0 amide bonds. The van der Waals surface area contributed by atoms with E-state index in [4.69, 9.17) is 0 Å². The zero-order valence-electron chi connectivity index (χ0n) is 10.1. The normalized spacial score (nSPS) is 12.5. The molecular formula is C12H21N3. The van der Waals surface area contributed by atoms with E-state index < -0.39 is 0 Å². The summed E-state index contributed by atoms with van der Waals surface area (Å²) in [5, 5.41) is 3.25. The quantitative estimate of drug-likeness (QED) is 0.802. The summed E-state index contributed by atoms with van der Waals surface area (Å²) >= 11 is 0. The highest BCUT2D eigenvalue weighted by Crippen LogP contribution is 2.22. The Morgan fingerprint density at radius 1 is 1.53 bits per heavy atom. The van der Waals surface area contributed by atoms with E-state index in [9.17, 15) is 0 Å². The number of anilines is 1. The first kappa shape index (κ1) is 12.0. The van der Waals surface area contributed by atoms with E-state index in [-0.39, 0.29) is 0 Å². The van der Waals surface area contributed by atoms with Crippen molar-refractivity contribution in [1.82, 2.24) is 10.3 Å². The molecule has 0 fully saturated rings. The maximum absolute atomic E-state index is 4.45. The smallest absolute Gasteiger partial charge is 0.133 e. The molecule has 15 heavy (non-hydrogen) atoms. The second-order valence-electron chi connectivity index (χ2n) is 3.85. The van der Waals surface area contributed by atoms with Crippen LogP contribution in [-0.4, -0.2) is 25.6 Å². The fourth-order valence-corrected chi connectivity index (χ4v) is 1.66.